The minimum atomic E-state index is -1.23. The quantitative estimate of drug-likeness (QED) is 0.195. The highest BCUT2D eigenvalue weighted by atomic mass is 35.5. The molecule has 1 unspecified atom stereocenters. The molecule has 252 valence electrons. The fourth-order valence-corrected chi connectivity index (χ4v) is 6.20. The maximum Gasteiger partial charge on any atom is 0.409 e. The van der Waals surface area contributed by atoms with Gasteiger partial charge in [0.15, 0.2) is 23.5 Å². The summed E-state index contributed by atoms with van der Waals surface area (Å²) in [6, 6.07) is 12.8. The van der Waals surface area contributed by atoms with E-state index < -0.39 is 34.3 Å². The maximum absolute atomic E-state index is 16.4. The molecular formula is C35H39ClF2N2O7. The van der Waals surface area contributed by atoms with Crippen LogP contribution in [-0.2, 0) is 26.2 Å². The van der Waals surface area contributed by atoms with E-state index in [1.807, 2.05) is 37.3 Å². The molecule has 2 N–H and O–H groups in total. The van der Waals surface area contributed by atoms with Crippen molar-refractivity contribution in [2.45, 2.75) is 57.3 Å². The van der Waals surface area contributed by atoms with Gasteiger partial charge in [0.05, 0.1) is 30.3 Å². The smallest absolute Gasteiger partial charge is 0.409 e. The number of nitrogens with two attached hydrogens (primary N) is 1. The van der Waals surface area contributed by atoms with E-state index >= 15 is 8.78 Å². The monoisotopic (exact) mass is 672 g/mol. The van der Waals surface area contributed by atoms with E-state index in [1.165, 1.54) is 17.0 Å². The summed E-state index contributed by atoms with van der Waals surface area (Å²) >= 11 is 6.58. The summed E-state index contributed by atoms with van der Waals surface area (Å²) < 4.78 is 60.8. The highest BCUT2D eigenvalue weighted by molar-refractivity contribution is 6.34. The second kappa shape index (κ2) is 15.3. The summed E-state index contributed by atoms with van der Waals surface area (Å²) in [5, 5.41) is -0.417. The van der Waals surface area contributed by atoms with Gasteiger partial charge in [0, 0.05) is 42.8 Å². The molecule has 2 amide bonds. The number of carbonyl (C=O) groups is 2. The SMILES string of the molecule is CCCCOC(=O)N(C)C[C@@]1(c2ccccc2)Cc2c(cc(F)c(Cl)c2-c2c(C(N)=O)ccc(OCCOC3CCCCO3)c2F)O1. The van der Waals surface area contributed by atoms with Gasteiger partial charge in [-0.25, -0.2) is 13.6 Å². The number of halogens is 3. The fourth-order valence-electron chi connectivity index (χ4n) is 5.94. The number of primary amides is 1. The number of amides is 2. The molecule has 3 aromatic rings. The average Bonchev–Trinajstić information content (AvgIpc) is 3.43. The van der Waals surface area contributed by atoms with Gasteiger partial charge in [0.25, 0.3) is 0 Å². The number of carbonyl (C=O) groups excluding carboxylic acids is 2. The third-order valence-electron chi connectivity index (χ3n) is 8.29. The first-order valence-electron chi connectivity index (χ1n) is 15.8. The number of hydrogen-bond donors (Lipinski definition) is 1. The molecule has 0 saturated carbocycles. The number of benzene rings is 3. The maximum atomic E-state index is 16.4. The van der Waals surface area contributed by atoms with Crippen LogP contribution in [0.1, 0.15) is 60.5 Å². The summed E-state index contributed by atoms with van der Waals surface area (Å²) in [7, 11) is 1.58. The van der Waals surface area contributed by atoms with E-state index in [4.69, 9.17) is 41.0 Å². The number of nitrogens with zero attached hydrogens (tertiary/aromatic N) is 1. The van der Waals surface area contributed by atoms with Crippen molar-refractivity contribution >= 4 is 23.6 Å². The van der Waals surface area contributed by atoms with Gasteiger partial charge in [-0.3, -0.25) is 4.79 Å². The van der Waals surface area contributed by atoms with Gasteiger partial charge in [0.1, 0.15) is 18.2 Å². The lowest BCUT2D eigenvalue weighted by molar-refractivity contribution is -0.165. The Morgan fingerprint density at radius 2 is 1.87 bits per heavy atom. The van der Waals surface area contributed by atoms with Gasteiger partial charge in [-0.2, -0.15) is 0 Å². The van der Waals surface area contributed by atoms with Gasteiger partial charge < -0.3 is 34.3 Å². The van der Waals surface area contributed by atoms with Crippen LogP contribution in [0.25, 0.3) is 11.1 Å². The molecule has 9 nitrogen and oxygen atoms in total. The van der Waals surface area contributed by atoms with Crippen molar-refractivity contribution in [3.8, 4) is 22.6 Å². The Hall–Kier alpha value is -3.93. The minimum absolute atomic E-state index is 0.00828. The first-order valence-corrected chi connectivity index (χ1v) is 16.1. The molecule has 12 heteroatoms. The number of ether oxygens (including phenoxy) is 5. The van der Waals surface area contributed by atoms with Gasteiger partial charge >= 0.3 is 6.09 Å². The molecule has 3 aromatic carbocycles. The lowest BCUT2D eigenvalue weighted by Crippen LogP contribution is -2.45. The van der Waals surface area contributed by atoms with Crippen molar-refractivity contribution in [1.82, 2.24) is 4.90 Å². The van der Waals surface area contributed by atoms with E-state index in [1.54, 1.807) is 7.05 Å². The topological polar surface area (TPSA) is 110 Å². The highest BCUT2D eigenvalue weighted by Gasteiger charge is 2.46. The molecule has 0 aromatic heterocycles. The number of likely N-dealkylation sites (N-methyl/N-ethyl adjacent to an activating group) is 1. The van der Waals surface area contributed by atoms with Gasteiger partial charge in [0.2, 0.25) is 5.91 Å². The predicted molar refractivity (Wildman–Crippen MR) is 172 cm³/mol. The molecule has 1 saturated heterocycles. The molecule has 5 rings (SSSR count). The number of hydrogen-bond acceptors (Lipinski definition) is 7. The van der Waals surface area contributed by atoms with Crippen molar-refractivity contribution < 1.29 is 42.1 Å². The van der Waals surface area contributed by atoms with Crippen LogP contribution in [0.3, 0.4) is 0 Å². The summed E-state index contributed by atoms with van der Waals surface area (Å²) in [6.45, 7) is 3.00. The van der Waals surface area contributed by atoms with Crippen LogP contribution >= 0.6 is 11.6 Å². The first kappa shape index (κ1) is 34.4. The fraction of sp³-hybridized carbons (Fsp3) is 0.429. The van der Waals surface area contributed by atoms with Gasteiger partial charge in [-0.15, -0.1) is 0 Å². The van der Waals surface area contributed by atoms with E-state index in [-0.39, 0.29) is 67.3 Å². The molecule has 2 aliphatic rings. The zero-order valence-corrected chi connectivity index (χ0v) is 27.2. The summed E-state index contributed by atoms with van der Waals surface area (Å²) in [4.78, 5) is 26.9. The molecule has 0 aliphatic carbocycles. The zero-order chi connectivity index (χ0) is 33.6. The molecule has 0 bridgehead atoms. The third kappa shape index (κ3) is 7.63. The second-order valence-corrected chi connectivity index (χ2v) is 12.0. The molecule has 2 aliphatic heterocycles. The van der Waals surface area contributed by atoms with Crippen LogP contribution in [0.2, 0.25) is 5.02 Å². The van der Waals surface area contributed by atoms with E-state index in [2.05, 4.69) is 0 Å². The van der Waals surface area contributed by atoms with Crippen LogP contribution in [0.5, 0.6) is 11.5 Å². The average molecular weight is 673 g/mol. The Morgan fingerprint density at radius 1 is 1.09 bits per heavy atom. The molecule has 0 radical (unpaired) electrons. The molecule has 2 heterocycles. The standard InChI is InChI=1S/C35H39ClF2N2O7/c1-3-4-15-46-34(42)40(2)21-35(22-10-6-5-7-11-22)20-24-27(47-35)19-25(37)31(36)29(24)30-23(33(39)41)13-14-26(32(30)38)43-17-18-45-28-12-8-9-16-44-28/h5-7,10-11,13-14,19,28H,3-4,8-9,12,15-18,20-21H2,1-2H3,(H2,39,41)/t28?,35-/m1/s1. The Labute approximate surface area is 277 Å². The minimum Gasteiger partial charge on any atom is -0.488 e. The molecule has 1 fully saturated rings. The Morgan fingerprint density at radius 3 is 2.57 bits per heavy atom. The molecule has 0 spiro atoms. The van der Waals surface area contributed by atoms with Crippen molar-refractivity contribution in [3.05, 3.63) is 81.9 Å². The lowest BCUT2D eigenvalue weighted by Gasteiger charge is -2.33. The second-order valence-electron chi connectivity index (χ2n) is 11.7. The molecule has 47 heavy (non-hydrogen) atoms. The van der Waals surface area contributed by atoms with E-state index in [0.29, 0.717) is 24.2 Å². The Bertz CT molecular complexity index is 1590. The van der Waals surface area contributed by atoms with E-state index in [0.717, 1.165) is 31.7 Å². The summed E-state index contributed by atoms with van der Waals surface area (Å²) in [6.07, 6.45) is 3.45. The highest BCUT2D eigenvalue weighted by Crippen LogP contribution is 2.51. The number of unbranched alkanes of at least 4 members (excludes halogenated alkanes) is 1. The normalized spacial score (nSPS) is 18.7. The first-order chi connectivity index (χ1) is 22.6. The largest absolute Gasteiger partial charge is 0.488 e. The molecule has 2 atom stereocenters. The lowest BCUT2D eigenvalue weighted by atomic mass is 9.85. The zero-order valence-electron chi connectivity index (χ0n) is 26.5. The van der Waals surface area contributed by atoms with Crippen LogP contribution < -0.4 is 15.2 Å². The summed E-state index contributed by atoms with van der Waals surface area (Å²) in [5.41, 5.74) is 4.87. The van der Waals surface area contributed by atoms with E-state index in [9.17, 15) is 9.59 Å². The Balaban J connectivity index is 1.51. The van der Waals surface area contributed by atoms with Crippen molar-refractivity contribution in [2.24, 2.45) is 5.73 Å². The number of rotatable bonds is 13. The van der Waals surface area contributed by atoms with Crippen molar-refractivity contribution in [1.29, 1.82) is 0 Å². The Kier molecular flexibility index (Phi) is 11.2. The number of fused-ring (bicyclic) bond motifs is 1. The van der Waals surface area contributed by atoms with Crippen LogP contribution in [0.15, 0.2) is 48.5 Å². The predicted octanol–water partition coefficient (Wildman–Crippen LogP) is 7.01. The van der Waals surface area contributed by atoms with Crippen LogP contribution in [0.4, 0.5) is 13.6 Å². The van der Waals surface area contributed by atoms with Crippen LogP contribution in [0, 0.1) is 11.6 Å². The summed E-state index contributed by atoms with van der Waals surface area (Å²) in [5.74, 6) is -2.90. The van der Waals surface area contributed by atoms with Crippen molar-refractivity contribution in [2.75, 3.05) is 40.0 Å². The van der Waals surface area contributed by atoms with Gasteiger partial charge in [-0.05, 0) is 43.4 Å². The van der Waals surface area contributed by atoms with Gasteiger partial charge in [-0.1, -0.05) is 55.3 Å². The van der Waals surface area contributed by atoms with Crippen LogP contribution in [-0.4, -0.2) is 63.2 Å². The molecular weight excluding hydrogens is 634 g/mol. The van der Waals surface area contributed by atoms with Crippen molar-refractivity contribution in [3.63, 3.8) is 0 Å². The third-order valence-corrected chi connectivity index (χ3v) is 8.66.